The van der Waals surface area contributed by atoms with E-state index in [4.69, 9.17) is 0 Å². The maximum absolute atomic E-state index is 9.24. The zero-order valence-electron chi connectivity index (χ0n) is 8.49. The minimum absolute atomic E-state index is 0.233. The molecule has 0 heterocycles. The Kier molecular flexibility index (Phi) is 2.84. The Morgan fingerprint density at radius 3 is 2.79 bits per heavy atom. The molecule has 76 valence electrons. The first-order valence-electron chi connectivity index (χ1n) is 5.02. The number of benzene rings is 1. The van der Waals surface area contributed by atoms with Gasteiger partial charge in [-0.3, -0.25) is 0 Å². The summed E-state index contributed by atoms with van der Waals surface area (Å²) in [6, 6.07) is 8.64. The monoisotopic (exact) mass is 208 g/mol. The molecular weight excluding hydrogens is 192 g/mol. The van der Waals surface area contributed by atoms with E-state index < -0.39 is 0 Å². The van der Waals surface area contributed by atoms with Gasteiger partial charge in [-0.25, -0.2) is 0 Å². The lowest BCUT2D eigenvalue weighted by Crippen LogP contribution is -2.09. The molecule has 1 aromatic rings. The second-order valence-corrected chi connectivity index (χ2v) is 5.07. The summed E-state index contributed by atoms with van der Waals surface area (Å²) < 4.78 is 0. The molecule has 0 aromatic heterocycles. The minimum atomic E-state index is 0.233. The molecule has 0 saturated heterocycles. The summed E-state index contributed by atoms with van der Waals surface area (Å²) in [5, 5.41) is 9.24. The van der Waals surface area contributed by atoms with Gasteiger partial charge in [0.1, 0.15) is 0 Å². The molecule has 2 heteroatoms. The molecule has 0 unspecified atom stereocenters. The predicted octanol–water partition coefficient (Wildman–Crippen LogP) is 2.72. The van der Waals surface area contributed by atoms with Crippen LogP contribution in [0.4, 0.5) is 0 Å². The Bertz CT molecular complexity index is 318. The van der Waals surface area contributed by atoms with Crippen LogP contribution in [0.1, 0.15) is 18.4 Å². The van der Waals surface area contributed by atoms with Crippen LogP contribution in [0.15, 0.2) is 29.2 Å². The molecule has 0 bridgehead atoms. The molecule has 1 fully saturated rings. The standard InChI is InChI=1S/C12H16OS/c1-14-11-4-2-3-10(7-11)8-12(9-13)5-6-12/h2-4,7,13H,5-6,8-9H2,1H3. The summed E-state index contributed by atoms with van der Waals surface area (Å²) in [5.41, 5.74) is 1.60. The van der Waals surface area contributed by atoms with Gasteiger partial charge < -0.3 is 5.11 Å². The Morgan fingerprint density at radius 2 is 2.21 bits per heavy atom. The van der Waals surface area contributed by atoms with E-state index in [9.17, 15) is 5.11 Å². The van der Waals surface area contributed by atoms with Crippen molar-refractivity contribution in [2.45, 2.75) is 24.2 Å². The topological polar surface area (TPSA) is 20.2 Å². The number of rotatable bonds is 4. The van der Waals surface area contributed by atoms with E-state index in [1.807, 2.05) is 0 Å². The molecule has 1 aliphatic carbocycles. The lowest BCUT2D eigenvalue weighted by Gasteiger charge is -2.11. The lowest BCUT2D eigenvalue weighted by molar-refractivity contribution is 0.211. The number of thioether (sulfide) groups is 1. The Balaban J connectivity index is 2.09. The zero-order valence-corrected chi connectivity index (χ0v) is 9.31. The van der Waals surface area contributed by atoms with Crippen molar-refractivity contribution in [1.29, 1.82) is 0 Å². The third-order valence-corrected chi connectivity index (χ3v) is 3.73. The Hall–Kier alpha value is -0.470. The van der Waals surface area contributed by atoms with E-state index in [0.717, 1.165) is 6.42 Å². The highest BCUT2D eigenvalue weighted by Gasteiger charge is 2.41. The molecule has 14 heavy (non-hydrogen) atoms. The van der Waals surface area contributed by atoms with Crippen LogP contribution < -0.4 is 0 Å². The summed E-state index contributed by atoms with van der Waals surface area (Å²) in [6.07, 6.45) is 5.51. The number of aliphatic hydroxyl groups excluding tert-OH is 1. The highest BCUT2D eigenvalue weighted by atomic mass is 32.2. The molecule has 0 radical (unpaired) electrons. The average molecular weight is 208 g/mol. The summed E-state index contributed by atoms with van der Waals surface area (Å²) in [5.74, 6) is 0. The first kappa shape index (κ1) is 10.1. The molecule has 1 aromatic carbocycles. The van der Waals surface area contributed by atoms with E-state index in [1.54, 1.807) is 11.8 Å². The van der Waals surface area contributed by atoms with Gasteiger partial charge in [-0.15, -0.1) is 11.8 Å². The Morgan fingerprint density at radius 1 is 1.43 bits per heavy atom. The lowest BCUT2D eigenvalue weighted by atomic mass is 9.98. The van der Waals surface area contributed by atoms with Gasteiger partial charge in [-0.2, -0.15) is 0 Å². The summed E-state index contributed by atoms with van der Waals surface area (Å²) in [4.78, 5) is 1.32. The van der Waals surface area contributed by atoms with Crippen molar-refractivity contribution < 1.29 is 5.11 Å². The van der Waals surface area contributed by atoms with Crippen LogP contribution in [0, 0.1) is 5.41 Å². The second kappa shape index (κ2) is 3.95. The van der Waals surface area contributed by atoms with Gasteiger partial charge in [0.2, 0.25) is 0 Å². The fourth-order valence-corrected chi connectivity index (χ4v) is 2.27. The number of hydrogen-bond acceptors (Lipinski definition) is 2. The summed E-state index contributed by atoms with van der Waals surface area (Å²) in [7, 11) is 0. The third kappa shape index (κ3) is 2.12. The van der Waals surface area contributed by atoms with Crippen molar-refractivity contribution in [3.05, 3.63) is 29.8 Å². The third-order valence-electron chi connectivity index (χ3n) is 3.01. The van der Waals surface area contributed by atoms with Crippen LogP contribution in [0.3, 0.4) is 0 Å². The van der Waals surface area contributed by atoms with Gasteiger partial charge in [0.25, 0.3) is 0 Å². The van der Waals surface area contributed by atoms with Crippen molar-refractivity contribution in [2.24, 2.45) is 5.41 Å². The van der Waals surface area contributed by atoms with E-state index in [1.165, 1.54) is 23.3 Å². The molecule has 1 saturated carbocycles. The van der Waals surface area contributed by atoms with Crippen molar-refractivity contribution in [2.75, 3.05) is 12.9 Å². The highest BCUT2D eigenvalue weighted by molar-refractivity contribution is 7.98. The molecule has 1 nitrogen and oxygen atoms in total. The first-order chi connectivity index (χ1) is 6.78. The van der Waals surface area contributed by atoms with Gasteiger partial charge >= 0.3 is 0 Å². The second-order valence-electron chi connectivity index (χ2n) is 4.19. The van der Waals surface area contributed by atoms with Crippen LogP contribution >= 0.6 is 11.8 Å². The molecular formula is C12H16OS. The van der Waals surface area contributed by atoms with Crippen LogP contribution in [-0.2, 0) is 6.42 Å². The highest BCUT2D eigenvalue weighted by Crippen LogP contribution is 2.47. The van der Waals surface area contributed by atoms with Crippen LogP contribution in [0.5, 0.6) is 0 Å². The van der Waals surface area contributed by atoms with Crippen molar-refractivity contribution in [1.82, 2.24) is 0 Å². The smallest absolute Gasteiger partial charge is 0.0490 e. The fraction of sp³-hybridized carbons (Fsp3) is 0.500. The van der Waals surface area contributed by atoms with Gasteiger partial charge in [0, 0.05) is 11.5 Å². The van der Waals surface area contributed by atoms with Crippen LogP contribution in [0.25, 0.3) is 0 Å². The molecule has 0 spiro atoms. The minimum Gasteiger partial charge on any atom is -0.396 e. The first-order valence-corrected chi connectivity index (χ1v) is 6.24. The molecule has 2 rings (SSSR count). The number of aliphatic hydroxyl groups is 1. The van der Waals surface area contributed by atoms with Crippen molar-refractivity contribution in [3.63, 3.8) is 0 Å². The zero-order chi connectivity index (χ0) is 10.0. The quantitative estimate of drug-likeness (QED) is 0.768. The fourth-order valence-electron chi connectivity index (χ4n) is 1.78. The summed E-state index contributed by atoms with van der Waals surface area (Å²) in [6.45, 7) is 0.344. The van der Waals surface area contributed by atoms with Crippen LogP contribution in [0.2, 0.25) is 0 Å². The largest absolute Gasteiger partial charge is 0.396 e. The van der Waals surface area contributed by atoms with Gasteiger partial charge in [0.05, 0.1) is 0 Å². The summed E-state index contributed by atoms with van der Waals surface area (Å²) >= 11 is 1.77. The maximum atomic E-state index is 9.24. The van der Waals surface area contributed by atoms with Crippen molar-refractivity contribution in [3.8, 4) is 0 Å². The van der Waals surface area contributed by atoms with Gasteiger partial charge in [-0.05, 0) is 48.6 Å². The van der Waals surface area contributed by atoms with E-state index in [2.05, 4.69) is 30.5 Å². The van der Waals surface area contributed by atoms with E-state index in [-0.39, 0.29) is 5.41 Å². The van der Waals surface area contributed by atoms with Crippen molar-refractivity contribution >= 4 is 11.8 Å². The number of hydrogen-bond donors (Lipinski definition) is 1. The molecule has 0 amide bonds. The predicted molar refractivity (Wildman–Crippen MR) is 60.7 cm³/mol. The van der Waals surface area contributed by atoms with E-state index >= 15 is 0 Å². The molecule has 1 N–H and O–H groups in total. The average Bonchev–Trinajstić information content (AvgIpc) is 2.99. The maximum Gasteiger partial charge on any atom is 0.0490 e. The SMILES string of the molecule is CSc1cccc(CC2(CO)CC2)c1. The van der Waals surface area contributed by atoms with Gasteiger partial charge in [-0.1, -0.05) is 12.1 Å². The molecule has 1 aliphatic rings. The van der Waals surface area contributed by atoms with E-state index in [0.29, 0.717) is 6.61 Å². The molecule has 0 atom stereocenters. The van der Waals surface area contributed by atoms with Gasteiger partial charge in [0.15, 0.2) is 0 Å². The molecule has 0 aliphatic heterocycles. The van der Waals surface area contributed by atoms with Crippen LogP contribution in [-0.4, -0.2) is 18.0 Å². The normalized spacial score (nSPS) is 18.1. The Labute approximate surface area is 89.5 Å².